The number of aliphatic hydroxyl groups is 1. The molecule has 1 heterocycles. The van der Waals surface area contributed by atoms with Gasteiger partial charge in [0.25, 0.3) is 0 Å². The highest BCUT2D eigenvalue weighted by Crippen LogP contribution is 2.17. The summed E-state index contributed by atoms with van der Waals surface area (Å²) < 4.78 is 10.5. The van der Waals surface area contributed by atoms with E-state index in [1.165, 1.54) is 0 Å². The van der Waals surface area contributed by atoms with Crippen LogP contribution in [0, 0.1) is 0 Å². The van der Waals surface area contributed by atoms with Crippen LogP contribution in [-0.4, -0.2) is 50.0 Å². The molecule has 3 N–H and O–H groups in total. The number of methoxy groups -OCH3 is 1. The van der Waals surface area contributed by atoms with Gasteiger partial charge in [-0.15, -0.1) is 12.4 Å². The van der Waals surface area contributed by atoms with Crippen molar-refractivity contribution in [3.63, 3.8) is 0 Å². The number of ether oxygens (including phenoxy) is 2. The SMILES string of the molecule is COc1ccc(C(O)CNC(=O)[C@H]2NCCO[C@@H]2C)cc1.Cl. The van der Waals surface area contributed by atoms with Gasteiger partial charge in [-0.2, -0.15) is 0 Å². The van der Waals surface area contributed by atoms with Crippen LogP contribution in [0.1, 0.15) is 18.6 Å². The molecule has 22 heavy (non-hydrogen) atoms. The van der Waals surface area contributed by atoms with Crippen LogP contribution in [0.15, 0.2) is 24.3 Å². The fourth-order valence-corrected chi connectivity index (χ4v) is 2.28. The van der Waals surface area contributed by atoms with E-state index in [-0.39, 0.29) is 37.0 Å². The van der Waals surface area contributed by atoms with E-state index in [1.807, 2.05) is 6.92 Å². The lowest BCUT2D eigenvalue weighted by molar-refractivity contribution is -0.129. The molecule has 1 aromatic rings. The van der Waals surface area contributed by atoms with Gasteiger partial charge in [-0.05, 0) is 24.6 Å². The average molecular weight is 331 g/mol. The minimum Gasteiger partial charge on any atom is -0.497 e. The third-order valence-corrected chi connectivity index (χ3v) is 3.57. The van der Waals surface area contributed by atoms with Crippen LogP contribution in [0.4, 0.5) is 0 Å². The maximum atomic E-state index is 12.1. The average Bonchev–Trinajstić information content (AvgIpc) is 2.52. The zero-order chi connectivity index (χ0) is 15.2. The minimum atomic E-state index is -0.750. The van der Waals surface area contributed by atoms with Crippen molar-refractivity contribution < 1.29 is 19.4 Å². The maximum Gasteiger partial charge on any atom is 0.239 e. The van der Waals surface area contributed by atoms with Gasteiger partial charge < -0.3 is 25.2 Å². The summed E-state index contributed by atoms with van der Waals surface area (Å²) in [6, 6.07) is 6.74. The van der Waals surface area contributed by atoms with Crippen LogP contribution in [0.5, 0.6) is 5.75 Å². The number of amides is 1. The molecule has 3 atom stereocenters. The molecule has 6 nitrogen and oxygen atoms in total. The second-order valence-corrected chi connectivity index (χ2v) is 5.04. The summed E-state index contributed by atoms with van der Waals surface area (Å²) in [6.45, 7) is 3.29. The number of hydrogen-bond acceptors (Lipinski definition) is 5. The zero-order valence-electron chi connectivity index (χ0n) is 12.7. The summed E-state index contributed by atoms with van der Waals surface area (Å²) in [5.41, 5.74) is 0.733. The van der Waals surface area contributed by atoms with Crippen molar-refractivity contribution >= 4 is 18.3 Å². The first-order valence-corrected chi connectivity index (χ1v) is 7.06. The summed E-state index contributed by atoms with van der Waals surface area (Å²) in [5, 5.41) is 15.9. The number of hydrogen-bond donors (Lipinski definition) is 3. The molecule has 124 valence electrons. The van der Waals surface area contributed by atoms with E-state index in [9.17, 15) is 9.90 Å². The second kappa shape index (κ2) is 8.95. The molecule has 7 heteroatoms. The van der Waals surface area contributed by atoms with E-state index in [4.69, 9.17) is 9.47 Å². The largest absolute Gasteiger partial charge is 0.497 e. The van der Waals surface area contributed by atoms with Gasteiger partial charge in [0.05, 0.1) is 25.9 Å². The van der Waals surface area contributed by atoms with Crippen LogP contribution in [0.3, 0.4) is 0 Å². The van der Waals surface area contributed by atoms with Crippen molar-refractivity contribution in [2.24, 2.45) is 0 Å². The lowest BCUT2D eigenvalue weighted by atomic mass is 10.1. The van der Waals surface area contributed by atoms with Gasteiger partial charge in [0.2, 0.25) is 5.91 Å². The Morgan fingerprint density at radius 1 is 1.50 bits per heavy atom. The Morgan fingerprint density at radius 3 is 2.77 bits per heavy atom. The van der Waals surface area contributed by atoms with E-state index >= 15 is 0 Å². The topological polar surface area (TPSA) is 79.8 Å². The Balaban J connectivity index is 0.00000242. The van der Waals surface area contributed by atoms with Crippen molar-refractivity contribution in [3.8, 4) is 5.75 Å². The molecule has 0 spiro atoms. The lowest BCUT2D eigenvalue weighted by Crippen LogP contribution is -2.55. The first kappa shape index (κ1) is 18.7. The third kappa shape index (κ3) is 4.84. The molecule has 1 amide bonds. The molecule has 2 rings (SSSR count). The van der Waals surface area contributed by atoms with E-state index in [0.717, 1.165) is 11.3 Å². The fraction of sp³-hybridized carbons (Fsp3) is 0.533. The van der Waals surface area contributed by atoms with Crippen molar-refractivity contribution in [1.82, 2.24) is 10.6 Å². The summed E-state index contributed by atoms with van der Waals surface area (Å²) in [4.78, 5) is 12.1. The number of carbonyl (C=O) groups is 1. The predicted octanol–water partition coefficient (Wildman–Crippen LogP) is 0.643. The van der Waals surface area contributed by atoms with E-state index in [0.29, 0.717) is 13.2 Å². The van der Waals surface area contributed by atoms with Crippen molar-refractivity contribution in [2.45, 2.75) is 25.2 Å². The van der Waals surface area contributed by atoms with Gasteiger partial charge in [-0.3, -0.25) is 4.79 Å². The minimum absolute atomic E-state index is 0. The second-order valence-electron chi connectivity index (χ2n) is 5.04. The molecule has 0 aliphatic carbocycles. The van der Waals surface area contributed by atoms with Gasteiger partial charge in [-0.25, -0.2) is 0 Å². The molecule has 1 aliphatic heterocycles. The Morgan fingerprint density at radius 2 is 2.18 bits per heavy atom. The fourth-order valence-electron chi connectivity index (χ4n) is 2.28. The molecule has 1 aliphatic rings. The Kier molecular flexibility index (Phi) is 7.61. The first-order chi connectivity index (χ1) is 10.1. The summed E-state index contributed by atoms with van der Waals surface area (Å²) in [5.74, 6) is 0.571. The lowest BCUT2D eigenvalue weighted by Gasteiger charge is -2.29. The standard InChI is InChI=1S/C15H22N2O4.ClH/c1-10-14(16-7-8-21-10)15(19)17-9-13(18)11-3-5-12(20-2)6-4-11;/h3-6,10,13-14,16,18H,7-9H2,1-2H3,(H,17,19);1H/t10-,13?,14+;/m1./s1. The number of nitrogens with one attached hydrogen (secondary N) is 2. The molecular weight excluding hydrogens is 308 g/mol. The third-order valence-electron chi connectivity index (χ3n) is 3.57. The van der Waals surface area contributed by atoms with E-state index in [1.54, 1.807) is 31.4 Å². The smallest absolute Gasteiger partial charge is 0.239 e. The predicted molar refractivity (Wildman–Crippen MR) is 85.4 cm³/mol. The molecule has 1 aromatic carbocycles. The molecule has 0 bridgehead atoms. The van der Waals surface area contributed by atoms with Gasteiger partial charge in [0.15, 0.2) is 0 Å². The number of carbonyl (C=O) groups excluding carboxylic acids is 1. The highest BCUT2D eigenvalue weighted by atomic mass is 35.5. The van der Waals surface area contributed by atoms with Crippen molar-refractivity contribution in [2.75, 3.05) is 26.8 Å². The number of morpholine rings is 1. The van der Waals surface area contributed by atoms with Crippen LogP contribution in [0.2, 0.25) is 0 Å². The van der Waals surface area contributed by atoms with Crippen LogP contribution in [0.25, 0.3) is 0 Å². The van der Waals surface area contributed by atoms with Crippen molar-refractivity contribution in [3.05, 3.63) is 29.8 Å². The molecule has 0 aromatic heterocycles. The molecular formula is C15H23ClN2O4. The number of aliphatic hydroxyl groups excluding tert-OH is 1. The summed E-state index contributed by atoms with van der Waals surface area (Å²) in [6.07, 6.45) is -0.920. The molecule has 1 saturated heterocycles. The van der Waals surface area contributed by atoms with E-state index in [2.05, 4.69) is 10.6 Å². The Bertz CT molecular complexity index is 469. The summed E-state index contributed by atoms with van der Waals surface area (Å²) in [7, 11) is 1.59. The maximum absolute atomic E-state index is 12.1. The molecule has 0 saturated carbocycles. The van der Waals surface area contributed by atoms with Gasteiger partial charge in [0.1, 0.15) is 11.8 Å². The molecule has 1 unspecified atom stereocenters. The Labute approximate surface area is 136 Å². The van der Waals surface area contributed by atoms with Crippen molar-refractivity contribution in [1.29, 1.82) is 0 Å². The normalized spacial score (nSPS) is 22.3. The number of benzene rings is 1. The van der Waals surface area contributed by atoms with E-state index < -0.39 is 6.10 Å². The van der Waals surface area contributed by atoms with Gasteiger partial charge in [-0.1, -0.05) is 12.1 Å². The Hall–Kier alpha value is -1.34. The quantitative estimate of drug-likeness (QED) is 0.738. The highest BCUT2D eigenvalue weighted by Gasteiger charge is 2.28. The monoisotopic (exact) mass is 330 g/mol. The van der Waals surface area contributed by atoms with Gasteiger partial charge >= 0.3 is 0 Å². The molecule has 0 radical (unpaired) electrons. The first-order valence-electron chi connectivity index (χ1n) is 7.06. The highest BCUT2D eigenvalue weighted by molar-refractivity contribution is 5.85. The molecule has 1 fully saturated rings. The van der Waals surface area contributed by atoms with Crippen LogP contribution >= 0.6 is 12.4 Å². The summed E-state index contributed by atoms with van der Waals surface area (Å²) >= 11 is 0. The van der Waals surface area contributed by atoms with Crippen LogP contribution < -0.4 is 15.4 Å². The van der Waals surface area contributed by atoms with Gasteiger partial charge in [0, 0.05) is 13.1 Å². The van der Waals surface area contributed by atoms with Crippen LogP contribution in [-0.2, 0) is 9.53 Å². The zero-order valence-corrected chi connectivity index (χ0v) is 13.6. The number of halogens is 1. The number of rotatable bonds is 5.